The van der Waals surface area contributed by atoms with E-state index in [0.29, 0.717) is 6.42 Å². The van der Waals surface area contributed by atoms with Crippen LogP contribution in [0.5, 0.6) is 0 Å². The molecule has 1 unspecified atom stereocenters. The minimum atomic E-state index is -0.722. The third-order valence-corrected chi connectivity index (χ3v) is 1.31. The van der Waals surface area contributed by atoms with E-state index < -0.39 is 5.97 Å². The molecular formula is C8H14O2. The van der Waals surface area contributed by atoms with Crippen molar-refractivity contribution < 1.29 is 9.90 Å². The Morgan fingerprint density at radius 1 is 1.60 bits per heavy atom. The molecule has 0 amide bonds. The van der Waals surface area contributed by atoms with Gasteiger partial charge in [-0.3, -0.25) is 4.79 Å². The van der Waals surface area contributed by atoms with Gasteiger partial charge in [0.05, 0.1) is 5.92 Å². The number of hydrogen-bond acceptors (Lipinski definition) is 1. The summed E-state index contributed by atoms with van der Waals surface area (Å²) in [6.07, 6.45) is 5.52. The van der Waals surface area contributed by atoms with Crippen LogP contribution in [0.1, 0.15) is 26.7 Å². The molecule has 0 aliphatic carbocycles. The molecule has 1 atom stereocenters. The molecule has 0 heterocycles. The molecule has 10 heavy (non-hydrogen) atoms. The zero-order valence-electron chi connectivity index (χ0n) is 6.50. The van der Waals surface area contributed by atoms with Crippen molar-refractivity contribution in [2.45, 2.75) is 26.7 Å². The first-order valence-electron chi connectivity index (χ1n) is 3.56. The summed E-state index contributed by atoms with van der Waals surface area (Å²) in [5, 5.41) is 8.45. The fourth-order valence-electron chi connectivity index (χ4n) is 0.568. The monoisotopic (exact) mass is 142 g/mol. The standard InChI is InChI=1S/C8H14O2/c1-3-4-5-6-7(2)8(9)10/h4-5,7H,3,6H2,1-2H3,(H,9,10)/b5-4-. The Bertz CT molecular complexity index is 127. The number of hydrogen-bond donors (Lipinski definition) is 1. The van der Waals surface area contributed by atoms with Gasteiger partial charge in [-0.05, 0) is 12.8 Å². The summed E-state index contributed by atoms with van der Waals surface area (Å²) in [6, 6.07) is 0. The van der Waals surface area contributed by atoms with Crippen molar-refractivity contribution in [2.75, 3.05) is 0 Å². The lowest BCUT2D eigenvalue weighted by atomic mass is 10.1. The lowest BCUT2D eigenvalue weighted by molar-refractivity contribution is -0.140. The molecule has 0 radical (unpaired) electrons. The van der Waals surface area contributed by atoms with Crippen LogP contribution in [0, 0.1) is 5.92 Å². The minimum absolute atomic E-state index is 0.247. The maximum atomic E-state index is 10.3. The Morgan fingerprint density at radius 2 is 2.20 bits per heavy atom. The normalized spacial score (nSPS) is 13.8. The van der Waals surface area contributed by atoms with Gasteiger partial charge in [-0.25, -0.2) is 0 Å². The van der Waals surface area contributed by atoms with Gasteiger partial charge in [-0.2, -0.15) is 0 Å². The summed E-state index contributed by atoms with van der Waals surface area (Å²) in [7, 11) is 0. The molecule has 0 bridgehead atoms. The van der Waals surface area contributed by atoms with E-state index in [4.69, 9.17) is 5.11 Å². The van der Waals surface area contributed by atoms with Crippen LogP contribution in [0.15, 0.2) is 12.2 Å². The van der Waals surface area contributed by atoms with Crippen molar-refractivity contribution in [1.29, 1.82) is 0 Å². The predicted molar refractivity (Wildman–Crippen MR) is 40.8 cm³/mol. The van der Waals surface area contributed by atoms with Crippen LogP contribution in [0.3, 0.4) is 0 Å². The number of allylic oxidation sites excluding steroid dienone is 2. The number of aliphatic carboxylic acids is 1. The summed E-state index contributed by atoms with van der Waals surface area (Å²) in [5.74, 6) is -0.969. The zero-order valence-corrected chi connectivity index (χ0v) is 6.50. The van der Waals surface area contributed by atoms with E-state index in [1.165, 1.54) is 0 Å². The van der Waals surface area contributed by atoms with Crippen LogP contribution < -0.4 is 0 Å². The minimum Gasteiger partial charge on any atom is -0.481 e. The quantitative estimate of drug-likeness (QED) is 0.610. The summed E-state index contributed by atoms with van der Waals surface area (Å²) in [5.41, 5.74) is 0. The summed E-state index contributed by atoms with van der Waals surface area (Å²) >= 11 is 0. The van der Waals surface area contributed by atoms with Gasteiger partial charge in [0.25, 0.3) is 0 Å². The van der Waals surface area contributed by atoms with E-state index in [1.54, 1.807) is 6.92 Å². The van der Waals surface area contributed by atoms with Crippen LogP contribution in [0.4, 0.5) is 0 Å². The van der Waals surface area contributed by atoms with Crippen LogP contribution in [0.25, 0.3) is 0 Å². The van der Waals surface area contributed by atoms with Gasteiger partial charge in [0.2, 0.25) is 0 Å². The highest BCUT2D eigenvalue weighted by molar-refractivity contribution is 5.69. The van der Waals surface area contributed by atoms with Gasteiger partial charge in [-0.1, -0.05) is 26.0 Å². The van der Waals surface area contributed by atoms with Gasteiger partial charge in [0.1, 0.15) is 0 Å². The number of carboxylic acid groups (broad SMARTS) is 1. The second-order valence-corrected chi connectivity index (χ2v) is 2.35. The Kier molecular flexibility index (Phi) is 4.63. The van der Waals surface area contributed by atoms with Crippen molar-refractivity contribution in [3.05, 3.63) is 12.2 Å². The smallest absolute Gasteiger partial charge is 0.306 e. The highest BCUT2D eigenvalue weighted by Crippen LogP contribution is 2.02. The molecule has 0 aromatic rings. The molecule has 0 saturated carbocycles. The number of carbonyl (C=O) groups is 1. The molecule has 2 heteroatoms. The van der Waals surface area contributed by atoms with Gasteiger partial charge >= 0.3 is 5.97 Å². The third-order valence-electron chi connectivity index (χ3n) is 1.31. The van der Waals surface area contributed by atoms with E-state index in [2.05, 4.69) is 0 Å². The van der Waals surface area contributed by atoms with E-state index in [0.717, 1.165) is 6.42 Å². The number of carboxylic acids is 1. The molecule has 0 aliphatic rings. The lowest BCUT2D eigenvalue weighted by Gasteiger charge is -1.98. The van der Waals surface area contributed by atoms with Crippen molar-refractivity contribution in [3.8, 4) is 0 Å². The molecule has 0 fully saturated rings. The van der Waals surface area contributed by atoms with E-state index in [1.807, 2.05) is 19.1 Å². The summed E-state index contributed by atoms with van der Waals surface area (Å²) < 4.78 is 0. The molecule has 0 saturated heterocycles. The molecule has 0 spiro atoms. The van der Waals surface area contributed by atoms with Gasteiger partial charge in [0, 0.05) is 0 Å². The van der Waals surface area contributed by atoms with Crippen LogP contribution >= 0.6 is 0 Å². The van der Waals surface area contributed by atoms with Crippen LogP contribution in [0.2, 0.25) is 0 Å². The fraction of sp³-hybridized carbons (Fsp3) is 0.625. The SMILES string of the molecule is CC/C=C\CC(C)C(=O)O. The molecule has 2 nitrogen and oxygen atoms in total. The van der Waals surface area contributed by atoms with Crippen molar-refractivity contribution >= 4 is 5.97 Å². The topological polar surface area (TPSA) is 37.3 Å². The zero-order chi connectivity index (χ0) is 7.98. The fourth-order valence-corrected chi connectivity index (χ4v) is 0.568. The van der Waals surface area contributed by atoms with E-state index in [-0.39, 0.29) is 5.92 Å². The van der Waals surface area contributed by atoms with Crippen LogP contribution in [-0.4, -0.2) is 11.1 Å². The van der Waals surface area contributed by atoms with Crippen LogP contribution in [-0.2, 0) is 4.79 Å². The van der Waals surface area contributed by atoms with Crippen molar-refractivity contribution in [1.82, 2.24) is 0 Å². The Hall–Kier alpha value is -0.790. The van der Waals surface area contributed by atoms with Crippen molar-refractivity contribution in [3.63, 3.8) is 0 Å². The molecule has 0 rings (SSSR count). The van der Waals surface area contributed by atoms with E-state index in [9.17, 15) is 4.79 Å². The van der Waals surface area contributed by atoms with Crippen molar-refractivity contribution in [2.24, 2.45) is 5.92 Å². The molecule has 0 aromatic heterocycles. The summed E-state index contributed by atoms with van der Waals surface area (Å²) in [6.45, 7) is 3.74. The molecule has 0 aliphatic heterocycles. The largest absolute Gasteiger partial charge is 0.481 e. The predicted octanol–water partition coefficient (Wildman–Crippen LogP) is 2.06. The average Bonchev–Trinajstić information content (AvgIpc) is 1.88. The Morgan fingerprint density at radius 3 is 2.60 bits per heavy atom. The molecule has 1 N–H and O–H groups in total. The first kappa shape index (κ1) is 9.21. The molecular weight excluding hydrogens is 128 g/mol. The second kappa shape index (κ2) is 5.03. The third kappa shape index (κ3) is 4.13. The highest BCUT2D eigenvalue weighted by atomic mass is 16.4. The lowest BCUT2D eigenvalue weighted by Crippen LogP contribution is -2.07. The van der Waals surface area contributed by atoms with Gasteiger partial charge in [0.15, 0.2) is 0 Å². The molecule has 58 valence electrons. The van der Waals surface area contributed by atoms with E-state index >= 15 is 0 Å². The maximum Gasteiger partial charge on any atom is 0.306 e. The first-order chi connectivity index (χ1) is 4.68. The molecule has 0 aromatic carbocycles. The Labute approximate surface area is 61.6 Å². The Balaban J connectivity index is 3.48. The number of rotatable bonds is 4. The second-order valence-electron chi connectivity index (χ2n) is 2.35. The van der Waals surface area contributed by atoms with Gasteiger partial charge in [-0.15, -0.1) is 0 Å². The summed E-state index contributed by atoms with van der Waals surface area (Å²) in [4.78, 5) is 10.3. The maximum absolute atomic E-state index is 10.3. The first-order valence-corrected chi connectivity index (χ1v) is 3.56. The highest BCUT2D eigenvalue weighted by Gasteiger charge is 2.06. The van der Waals surface area contributed by atoms with Gasteiger partial charge < -0.3 is 5.11 Å². The average molecular weight is 142 g/mol.